The fourth-order valence-corrected chi connectivity index (χ4v) is 3.14. The van der Waals surface area contributed by atoms with Crippen molar-refractivity contribution in [3.05, 3.63) is 46.7 Å². The molecule has 2 aliphatic heterocycles. The lowest BCUT2D eigenvalue weighted by Crippen LogP contribution is -2.24. The zero-order chi connectivity index (χ0) is 17.6. The lowest BCUT2D eigenvalue weighted by molar-refractivity contribution is -0.157. The molecule has 1 saturated heterocycles. The van der Waals surface area contributed by atoms with E-state index in [-0.39, 0.29) is 12.9 Å². The molecule has 0 aromatic heterocycles. The van der Waals surface area contributed by atoms with Crippen LogP contribution in [0.2, 0.25) is 0 Å². The molecule has 5 heteroatoms. The first-order chi connectivity index (χ1) is 12.2. The summed E-state index contributed by atoms with van der Waals surface area (Å²) < 4.78 is 22.7. The molecule has 2 aliphatic rings. The molecule has 0 aliphatic carbocycles. The summed E-state index contributed by atoms with van der Waals surface area (Å²) in [5.41, 5.74) is 3.07. The van der Waals surface area contributed by atoms with Crippen LogP contribution in [0.1, 0.15) is 38.2 Å². The van der Waals surface area contributed by atoms with Crippen molar-refractivity contribution in [2.75, 3.05) is 26.9 Å². The Balaban J connectivity index is 1.68. The third-order valence-electron chi connectivity index (χ3n) is 4.56. The van der Waals surface area contributed by atoms with E-state index in [1.165, 1.54) is 0 Å². The highest BCUT2D eigenvalue weighted by atomic mass is 16.7. The van der Waals surface area contributed by atoms with Crippen molar-refractivity contribution in [1.29, 1.82) is 0 Å². The lowest BCUT2D eigenvalue weighted by atomic mass is 9.99. The van der Waals surface area contributed by atoms with E-state index >= 15 is 0 Å². The topological polar surface area (TPSA) is 57.2 Å². The van der Waals surface area contributed by atoms with Gasteiger partial charge in [-0.15, -0.1) is 0 Å². The minimum absolute atomic E-state index is 0.142. The van der Waals surface area contributed by atoms with E-state index in [2.05, 4.69) is 0 Å². The van der Waals surface area contributed by atoms with Gasteiger partial charge in [-0.2, -0.15) is 0 Å². The van der Waals surface area contributed by atoms with Crippen molar-refractivity contribution >= 4 is 5.76 Å². The van der Waals surface area contributed by atoms with Crippen molar-refractivity contribution in [3.8, 4) is 5.75 Å². The standard InChI is InChI=1S/C20H26O5/c1-14-11-16(13-24-19-5-3-4-10-23-19)18(12-21)25-20(14)15-6-8-17(22-2)9-7-15/h6-9,19,21H,3-5,10-13H2,1-2H3. The molecule has 136 valence electrons. The molecule has 1 aromatic rings. The Kier molecular flexibility index (Phi) is 6.13. The van der Waals surface area contributed by atoms with Gasteiger partial charge in [0.15, 0.2) is 6.29 Å². The Bertz CT molecular complexity index is 639. The maximum absolute atomic E-state index is 9.72. The molecule has 1 fully saturated rings. The summed E-state index contributed by atoms with van der Waals surface area (Å²) in [4.78, 5) is 0. The van der Waals surface area contributed by atoms with E-state index < -0.39 is 0 Å². The van der Waals surface area contributed by atoms with Gasteiger partial charge in [-0.1, -0.05) is 0 Å². The molecule has 0 bridgehead atoms. The molecule has 0 saturated carbocycles. The zero-order valence-electron chi connectivity index (χ0n) is 14.9. The molecule has 5 nitrogen and oxygen atoms in total. The highest BCUT2D eigenvalue weighted by Gasteiger charge is 2.23. The maximum atomic E-state index is 9.72. The number of hydrogen-bond donors (Lipinski definition) is 1. The summed E-state index contributed by atoms with van der Waals surface area (Å²) in [6.45, 7) is 3.09. The smallest absolute Gasteiger partial charge is 0.158 e. The van der Waals surface area contributed by atoms with E-state index in [4.69, 9.17) is 18.9 Å². The first-order valence-corrected chi connectivity index (χ1v) is 8.78. The van der Waals surface area contributed by atoms with Crippen LogP contribution in [0.3, 0.4) is 0 Å². The van der Waals surface area contributed by atoms with Gasteiger partial charge in [0.25, 0.3) is 0 Å². The summed E-state index contributed by atoms with van der Waals surface area (Å²) in [6, 6.07) is 7.73. The highest BCUT2D eigenvalue weighted by molar-refractivity contribution is 5.66. The van der Waals surface area contributed by atoms with Gasteiger partial charge in [0, 0.05) is 17.7 Å². The van der Waals surface area contributed by atoms with Crippen LogP contribution in [-0.4, -0.2) is 38.3 Å². The van der Waals surface area contributed by atoms with Gasteiger partial charge in [0.05, 0.1) is 13.7 Å². The van der Waals surface area contributed by atoms with Crippen LogP contribution >= 0.6 is 0 Å². The number of benzene rings is 1. The molecule has 0 amide bonds. The van der Waals surface area contributed by atoms with E-state index in [1.807, 2.05) is 31.2 Å². The summed E-state index contributed by atoms with van der Waals surface area (Å²) in [6.07, 6.45) is 3.74. The number of ether oxygens (including phenoxy) is 4. The molecule has 1 aromatic carbocycles. The van der Waals surface area contributed by atoms with E-state index in [9.17, 15) is 5.11 Å². The average molecular weight is 346 g/mol. The van der Waals surface area contributed by atoms with Crippen LogP contribution in [0.5, 0.6) is 5.75 Å². The highest BCUT2D eigenvalue weighted by Crippen LogP contribution is 2.34. The van der Waals surface area contributed by atoms with Crippen LogP contribution in [0.15, 0.2) is 41.2 Å². The van der Waals surface area contributed by atoms with Crippen LogP contribution < -0.4 is 4.74 Å². The van der Waals surface area contributed by atoms with Gasteiger partial charge in [-0.05, 0) is 62.4 Å². The Morgan fingerprint density at radius 3 is 2.64 bits per heavy atom. The van der Waals surface area contributed by atoms with Gasteiger partial charge in [-0.25, -0.2) is 0 Å². The normalized spacial score (nSPS) is 21.3. The molecular weight excluding hydrogens is 320 g/mol. The van der Waals surface area contributed by atoms with Crippen molar-refractivity contribution in [2.24, 2.45) is 0 Å². The molecule has 25 heavy (non-hydrogen) atoms. The monoisotopic (exact) mass is 346 g/mol. The minimum Gasteiger partial charge on any atom is -0.497 e. The summed E-state index contributed by atoms with van der Waals surface area (Å²) in [5, 5.41) is 9.72. The Morgan fingerprint density at radius 1 is 1.20 bits per heavy atom. The predicted octanol–water partition coefficient (Wildman–Crippen LogP) is 3.64. The number of aliphatic hydroxyl groups excluding tert-OH is 1. The number of allylic oxidation sites excluding steroid dienone is 1. The van der Waals surface area contributed by atoms with Gasteiger partial charge < -0.3 is 24.1 Å². The maximum Gasteiger partial charge on any atom is 0.158 e. The fourth-order valence-electron chi connectivity index (χ4n) is 3.14. The van der Waals surface area contributed by atoms with Gasteiger partial charge >= 0.3 is 0 Å². The number of aliphatic hydroxyl groups is 1. The zero-order valence-corrected chi connectivity index (χ0v) is 14.9. The quantitative estimate of drug-likeness (QED) is 0.852. The first kappa shape index (κ1) is 18.0. The van der Waals surface area contributed by atoms with Gasteiger partial charge in [0.1, 0.15) is 23.9 Å². The molecule has 1 unspecified atom stereocenters. The molecule has 1 N–H and O–H groups in total. The molecule has 0 radical (unpaired) electrons. The lowest BCUT2D eigenvalue weighted by Gasteiger charge is -2.27. The van der Waals surface area contributed by atoms with Crippen molar-refractivity contribution in [2.45, 2.75) is 38.9 Å². The second-order valence-electron chi connectivity index (χ2n) is 6.41. The molecular formula is C20H26O5. The second-order valence-corrected chi connectivity index (χ2v) is 6.41. The number of rotatable bonds is 6. The number of hydrogen-bond acceptors (Lipinski definition) is 5. The molecule has 1 atom stereocenters. The summed E-state index contributed by atoms with van der Waals surface area (Å²) in [7, 11) is 1.64. The van der Waals surface area contributed by atoms with E-state index in [1.54, 1.807) is 7.11 Å². The van der Waals surface area contributed by atoms with Gasteiger partial charge in [0.2, 0.25) is 0 Å². The van der Waals surface area contributed by atoms with Crippen LogP contribution in [0.25, 0.3) is 5.76 Å². The Morgan fingerprint density at radius 2 is 2.00 bits per heavy atom. The second kappa shape index (κ2) is 8.52. The van der Waals surface area contributed by atoms with Crippen LogP contribution in [-0.2, 0) is 14.2 Å². The minimum atomic E-state index is -0.145. The van der Waals surface area contributed by atoms with Crippen LogP contribution in [0, 0.1) is 0 Å². The van der Waals surface area contributed by atoms with E-state index in [0.717, 1.165) is 60.5 Å². The van der Waals surface area contributed by atoms with Crippen molar-refractivity contribution in [3.63, 3.8) is 0 Å². The largest absolute Gasteiger partial charge is 0.497 e. The van der Waals surface area contributed by atoms with Gasteiger partial charge in [-0.3, -0.25) is 0 Å². The fraction of sp³-hybridized carbons (Fsp3) is 0.500. The Labute approximate surface area is 148 Å². The number of methoxy groups -OCH3 is 1. The molecule has 0 spiro atoms. The average Bonchev–Trinajstić information content (AvgIpc) is 2.67. The first-order valence-electron chi connectivity index (χ1n) is 8.78. The third-order valence-corrected chi connectivity index (χ3v) is 4.56. The molecule has 3 rings (SSSR count). The van der Waals surface area contributed by atoms with Crippen LogP contribution in [0.4, 0.5) is 0 Å². The van der Waals surface area contributed by atoms with E-state index in [0.29, 0.717) is 12.4 Å². The summed E-state index contributed by atoms with van der Waals surface area (Å²) >= 11 is 0. The third kappa shape index (κ3) is 4.42. The molecule has 2 heterocycles. The summed E-state index contributed by atoms with van der Waals surface area (Å²) in [5.74, 6) is 2.17. The SMILES string of the molecule is COc1ccc(C2=C(C)CC(COC3CCCCO3)=C(CO)O2)cc1. The predicted molar refractivity (Wildman–Crippen MR) is 94.9 cm³/mol. The van der Waals surface area contributed by atoms with Crippen molar-refractivity contribution in [1.82, 2.24) is 0 Å². The van der Waals surface area contributed by atoms with Crippen molar-refractivity contribution < 1.29 is 24.1 Å². The Hall–Kier alpha value is -1.82.